The van der Waals surface area contributed by atoms with Crippen LogP contribution in [0.15, 0.2) is 24.3 Å². The molecular weight excluding hydrogens is 952 g/mol. The summed E-state index contributed by atoms with van der Waals surface area (Å²) in [4.78, 5) is 37.7. The number of nitrogens with one attached hydrogen (secondary N) is 1. The largest absolute Gasteiger partial charge is 0.472 e. The van der Waals surface area contributed by atoms with Gasteiger partial charge in [-0.05, 0) is 57.4 Å². The maximum absolute atomic E-state index is 13.5. The molecule has 2 N–H and O–H groups in total. The molecule has 0 rings (SSSR count). The molecule has 0 saturated heterocycles. The van der Waals surface area contributed by atoms with E-state index in [4.69, 9.17) is 13.8 Å². The first kappa shape index (κ1) is 73.5. The van der Waals surface area contributed by atoms with Crippen LogP contribution in [0.5, 0.6) is 0 Å². The van der Waals surface area contributed by atoms with Gasteiger partial charge in [-0.1, -0.05) is 283 Å². The zero-order valence-electron chi connectivity index (χ0n) is 50.8. The number of carbonyl (C=O) groups is 2. The Morgan fingerprint density at radius 3 is 1.13 bits per heavy atom. The minimum atomic E-state index is -4.44. The van der Waals surface area contributed by atoms with Gasteiger partial charge in [-0.3, -0.25) is 18.6 Å². The zero-order chi connectivity index (χ0) is 55.0. The molecule has 0 saturated carbocycles. The summed E-state index contributed by atoms with van der Waals surface area (Å²) in [5, 5.41) is 3.06. The SMILES string of the molecule is CCCCCCCC/C=C/CCCCCCCCCCCCCCCC(=O)OC(/C=C/CCCCCCCCCCCC)C(COP(=O)(O)OCC[N+](C)(C)C)NC(=O)CCCCCCCCCCCCCCCC. The fourth-order valence-corrected chi connectivity index (χ4v) is 10.6. The highest BCUT2D eigenvalue weighted by molar-refractivity contribution is 7.47. The van der Waals surface area contributed by atoms with Crippen LogP contribution in [-0.2, 0) is 27.9 Å². The lowest BCUT2D eigenvalue weighted by Crippen LogP contribution is -2.47. The number of carbonyl (C=O) groups excluding carboxylic acids is 2. The fourth-order valence-electron chi connectivity index (χ4n) is 9.82. The van der Waals surface area contributed by atoms with Gasteiger partial charge in [-0.2, -0.15) is 0 Å². The summed E-state index contributed by atoms with van der Waals surface area (Å²) >= 11 is 0. The van der Waals surface area contributed by atoms with Crippen LogP contribution in [0.4, 0.5) is 0 Å². The van der Waals surface area contributed by atoms with Crippen molar-refractivity contribution in [3.8, 4) is 0 Å². The molecule has 0 aliphatic carbocycles. The minimum absolute atomic E-state index is 0.0443. The molecule has 0 heterocycles. The summed E-state index contributed by atoms with van der Waals surface area (Å²) < 4.78 is 30.7. The minimum Gasteiger partial charge on any atom is -0.456 e. The molecule has 75 heavy (non-hydrogen) atoms. The Kier molecular flexibility index (Phi) is 54.7. The lowest BCUT2D eigenvalue weighted by atomic mass is 10.0. The lowest BCUT2D eigenvalue weighted by molar-refractivity contribution is -0.870. The van der Waals surface area contributed by atoms with Crippen LogP contribution >= 0.6 is 7.82 Å². The number of esters is 1. The molecule has 0 aliphatic rings. The maximum Gasteiger partial charge on any atom is 0.472 e. The van der Waals surface area contributed by atoms with E-state index >= 15 is 0 Å². The second-order valence-corrected chi connectivity index (χ2v) is 25.1. The molecule has 0 bridgehead atoms. The number of hydrogen-bond acceptors (Lipinski definition) is 6. The number of allylic oxidation sites excluding steroid dienone is 3. The van der Waals surface area contributed by atoms with Crippen molar-refractivity contribution in [1.82, 2.24) is 5.32 Å². The van der Waals surface area contributed by atoms with E-state index in [1.165, 1.54) is 238 Å². The molecule has 0 aromatic rings. The van der Waals surface area contributed by atoms with Crippen molar-refractivity contribution in [3.63, 3.8) is 0 Å². The van der Waals surface area contributed by atoms with Gasteiger partial charge in [0.25, 0.3) is 0 Å². The van der Waals surface area contributed by atoms with Gasteiger partial charge in [0.2, 0.25) is 5.91 Å². The predicted octanol–water partition coefficient (Wildman–Crippen LogP) is 20.1. The molecule has 444 valence electrons. The summed E-state index contributed by atoms with van der Waals surface area (Å²) in [6.07, 6.45) is 66.1. The monoisotopic (exact) mass is 1080 g/mol. The number of likely N-dealkylation sites (N-methyl/N-ethyl adjacent to an activating group) is 1. The third-order valence-electron chi connectivity index (χ3n) is 14.9. The van der Waals surface area contributed by atoms with Gasteiger partial charge in [-0.25, -0.2) is 4.57 Å². The number of hydrogen-bond donors (Lipinski definition) is 2. The quantitative estimate of drug-likeness (QED) is 0.0205. The second kappa shape index (κ2) is 55.8. The summed E-state index contributed by atoms with van der Waals surface area (Å²) in [5.74, 6) is -0.487. The average molecular weight is 1080 g/mol. The van der Waals surface area contributed by atoms with E-state index in [1.54, 1.807) is 0 Å². The molecule has 0 radical (unpaired) electrons. The smallest absolute Gasteiger partial charge is 0.456 e. The van der Waals surface area contributed by atoms with E-state index in [1.807, 2.05) is 33.3 Å². The van der Waals surface area contributed by atoms with Gasteiger partial charge in [0, 0.05) is 12.8 Å². The number of nitrogens with zero attached hydrogens (tertiary/aromatic N) is 1. The molecule has 10 heteroatoms. The Morgan fingerprint density at radius 1 is 0.453 bits per heavy atom. The third-order valence-corrected chi connectivity index (χ3v) is 15.9. The van der Waals surface area contributed by atoms with Gasteiger partial charge in [-0.15, -0.1) is 0 Å². The lowest BCUT2D eigenvalue weighted by Gasteiger charge is -2.27. The molecule has 9 nitrogen and oxygen atoms in total. The number of phosphoric ester groups is 1. The summed E-state index contributed by atoms with van der Waals surface area (Å²) in [5.41, 5.74) is 0. The Morgan fingerprint density at radius 2 is 0.773 bits per heavy atom. The van der Waals surface area contributed by atoms with Crippen LogP contribution in [0.25, 0.3) is 0 Å². The van der Waals surface area contributed by atoms with Crippen LogP contribution in [-0.4, -0.2) is 74.3 Å². The second-order valence-electron chi connectivity index (χ2n) is 23.6. The van der Waals surface area contributed by atoms with Crippen molar-refractivity contribution < 1.29 is 37.3 Å². The van der Waals surface area contributed by atoms with E-state index in [-0.39, 0.29) is 25.1 Å². The Balaban J connectivity index is 5.10. The van der Waals surface area contributed by atoms with E-state index < -0.39 is 20.0 Å². The average Bonchev–Trinajstić information content (AvgIpc) is 3.37. The maximum atomic E-state index is 13.5. The highest BCUT2D eigenvalue weighted by Crippen LogP contribution is 2.43. The number of quaternary nitrogens is 1. The van der Waals surface area contributed by atoms with Gasteiger partial charge in [0.15, 0.2) is 0 Å². The first-order valence-electron chi connectivity index (χ1n) is 32.7. The molecule has 1 amide bonds. The summed E-state index contributed by atoms with van der Waals surface area (Å²) in [6.45, 7) is 7.05. The molecular formula is C65H128N2O7P+. The first-order valence-corrected chi connectivity index (χ1v) is 34.2. The van der Waals surface area contributed by atoms with E-state index in [0.29, 0.717) is 23.9 Å². The van der Waals surface area contributed by atoms with Crippen molar-refractivity contribution in [2.45, 2.75) is 341 Å². The topological polar surface area (TPSA) is 111 Å². The molecule has 0 spiro atoms. The van der Waals surface area contributed by atoms with Crippen LogP contribution < -0.4 is 5.32 Å². The van der Waals surface area contributed by atoms with Crippen molar-refractivity contribution >= 4 is 19.7 Å². The van der Waals surface area contributed by atoms with Crippen molar-refractivity contribution in [1.29, 1.82) is 0 Å². The van der Waals surface area contributed by atoms with E-state index in [2.05, 4.69) is 38.2 Å². The van der Waals surface area contributed by atoms with Crippen LogP contribution in [0.1, 0.15) is 329 Å². The van der Waals surface area contributed by atoms with E-state index in [0.717, 1.165) is 57.8 Å². The standard InChI is InChI=1S/C65H127N2O7P/c1-7-10-13-16-19-22-25-28-30-31-32-33-34-35-36-37-38-40-43-46-49-52-55-58-65(69)74-63(56-53-50-47-44-41-27-24-21-18-15-12-9-3)62(61-73-75(70,71)72-60-59-67(4,5)6)66-64(68)57-54-51-48-45-42-39-29-26-23-20-17-14-11-8-2/h28,30,53,56,62-63H,7-27,29,31-52,54-55,57-61H2,1-6H3,(H-,66,68,70,71)/p+1/b30-28+,56-53+. The van der Waals surface area contributed by atoms with Crippen LogP contribution in [0, 0.1) is 0 Å². The summed E-state index contributed by atoms with van der Waals surface area (Å²) in [7, 11) is 1.51. The Labute approximate surface area is 466 Å². The number of ether oxygens (including phenoxy) is 1. The third kappa shape index (κ3) is 57.0. The van der Waals surface area contributed by atoms with Gasteiger partial charge >= 0.3 is 13.8 Å². The molecule has 3 unspecified atom stereocenters. The Hall–Kier alpha value is -1.51. The van der Waals surface area contributed by atoms with Crippen molar-refractivity contribution in [2.24, 2.45) is 0 Å². The number of phosphoric acid groups is 1. The molecule has 0 fully saturated rings. The molecule has 0 aromatic heterocycles. The molecule has 0 aliphatic heterocycles. The van der Waals surface area contributed by atoms with Crippen LogP contribution in [0.2, 0.25) is 0 Å². The summed E-state index contributed by atoms with van der Waals surface area (Å²) in [6, 6.07) is -0.841. The Bertz CT molecular complexity index is 1340. The van der Waals surface area contributed by atoms with Gasteiger partial charge in [0.1, 0.15) is 19.3 Å². The normalized spacial score (nSPS) is 13.7. The first-order chi connectivity index (χ1) is 36.4. The number of unbranched alkanes of at least 4 members (excludes halogenated alkanes) is 42. The molecule has 3 atom stereocenters. The zero-order valence-corrected chi connectivity index (χ0v) is 51.7. The number of amides is 1. The van der Waals surface area contributed by atoms with Gasteiger partial charge < -0.3 is 19.4 Å². The van der Waals surface area contributed by atoms with E-state index in [9.17, 15) is 19.0 Å². The molecule has 0 aromatic carbocycles. The highest BCUT2D eigenvalue weighted by Gasteiger charge is 2.30. The van der Waals surface area contributed by atoms with Crippen molar-refractivity contribution in [2.75, 3.05) is 40.9 Å². The van der Waals surface area contributed by atoms with Gasteiger partial charge in [0.05, 0.1) is 33.8 Å². The van der Waals surface area contributed by atoms with Crippen LogP contribution in [0.3, 0.4) is 0 Å². The predicted molar refractivity (Wildman–Crippen MR) is 323 cm³/mol. The number of rotatable bonds is 60. The highest BCUT2D eigenvalue weighted by atomic mass is 31.2. The van der Waals surface area contributed by atoms with Crippen molar-refractivity contribution in [3.05, 3.63) is 24.3 Å². The fraction of sp³-hybridized carbons (Fsp3) is 0.908.